The molecule has 1 saturated carbocycles. The molecule has 1 aromatic rings. The van der Waals surface area contributed by atoms with E-state index in [0.717, 1.165) is 24.6 Å². The fraction of sp³-hybridized carbons (Fsp3) is 0.533. The van der Waals surface area contributed by atoms with Crippen molar-refractivity contribution >= 4 is 11.6 Å². The molecular formula is C15H19ClN2. The van der Waals surface area contributed by atoms with Crippen molar-refractivity contribution in [3.05, 3.63) is 34.3 Å². The zero-order valence-corrected chi connectivity index (χ0v) is 11.6. The van der Waals surface area contributed by atoms with Crippen LogP contribution in [0.2, 0.25) is 5.02 Å². The summed E-state index contributed by atoms with van der Waals surface area (Å²) in [6, 6.07) is 7.66. The van der Waals surface area contributed by atoms with E-state index in [-0.39, 0.29) is 0 Å². The molecule has 0 bridgehead atoms. The van der Waals surface area contributed by atoms with Crippen LogP contribution >= 0.6 is 11.6 Å². The van der Waals surface area contributed by atoms with Gasteiger partial charge in [0.25, 0.3) is 0 Å². The summed E-state index contributed by atoms with van der Waals surface area (Å²) in [7, 11) is 2.15. The van der Waals surface area contributed by atoms with Gasteiger partial charge in [-0.3, -0.25) is 0 Å². The van der Waals surface area contributed by atoms with Gasteiger partial charge in [-0.15, -0.1) is 0 Å². The highest BCUT2D eigenvalue weighted by Crippen LogP contribution is 2.26. The molecule has 2 nitrogen and oxygen atoms in total. The van der Waals surface area contributed by atoms with Crippen LogP contribution in [0.25, 0.3) is 0 Å². The Morgan fingerprint density at radius 2 is 2.11 bits per heavy atom. The summed E-state index contributed by atoms with van der Waals surface area (Å²) in [5.41, 5.74) is 1.73. The maximum absolute atomic E-state index is 8.81. The molecule has 1 aliphatic carbocycles. The number of nitrogens with zero attached hydrogens (tertiary/aromatic N) is 2. The maximum Gasteiger partial charge on any atom is 0.0992 e. The predicted octanol–water partition coefficient (Wildman–Crippen LogP) is 3.83. The quantitative estimate of drug-likeness (QED) is 0.825. The van der Waals surface area contributed by atoms with Crippen LogP contribution in [0.4, 0.5) is 0 Å². The zero-order valence-electron chi connectivity index (χ0n) is 10.8. The Hall–Kier alpha value is -1.04. The van der Waals surface area contributed by atoms with Crippen molar-refractivity contribution in [2.24, 2.45) is 5.92 Å². The highest BCUT2D eigenvalue weighted by atomic mass is 35.5. The molecule has 0 amide bonds. The molecule has 1 fully saturated rings. The zero-order chi connectivity index (χ0) is 13.0. The van der Waals surface area contributed by atoms with E-state index in [1.54, 1.807) is 6.07 Å². The fourth-order valence-corrected chi connectivity index (χ4v) is 2.97. The van der Waals surface area contributed by atoms with Crippen molar-refractivity contribution in [3.63, 3.8) is 0 Å². The van der Waals surface area contributed by atoms with E-state index in [1.807, 2.05) is 12.1 Å². The van der Waals surface area contributed by atoms with Gasteiger partial charge in [0.1, 0.15) is 0 Å². The molecule has 96 valence electrons. The van der Waals surface area contributed by atoms with Gasteiger partial charge in [-0.1, -0.05) is 30.5 Å². The number of hydrogen-bond donors (Lipinski definition) is 0. The van der Waals surface area contributed by atoms with E-state index >= 15 is 0 Å². The van der Waals surface area contributed by atoms with Gasteiger partial charge in [-0.2, -0.15) is 5.26 Å². The third-order valence-corrected chi connectivity index (χ3v) is 4.02. The lowest BCUT2D eigenvalue weighted by atomic mass is 10.1. The third kappa shape index (κ3) is 3.48. The first-order chi connectivity index (χ1) is 8.69. The van der Waals surface area contributed by atoms with Crippen LogP contribution in [0, 0.1) is 17.2 Å². The minimum atomic E-state index is 0.627. The van der Waals surface area contributed by atoms with E-state index in [9.17, 15) is 0 Å². The summed E-state index contributed by atoms with van der Waals surface area (Å²) in [6.07, 6.45) is 5.50. The Morgan fingerprint density at radius 1 is 1.39 bits per heavy atom. The monoisotopic (exact) mass is 262 g/mol. The van der Waals surface area contributed by atoms with Gasteiger partial charge in [0.2, 0.25) is 0 Å². The topological polar surface area (TPSA) is 27.0 Å². The van der Waals surface area contributed by atoms with Gasteiger partial charge in [-0.05, 0) is 43.5 Å². The minimum Gasteiger partial charge on any atom is -0.302 e. The van der Waals surface area contributed by atoms with Crippen LogP contribution in [0.15, 0.2) is 18.2 Å². The largest absolute Gasteiger partial charge is 0.302 e. The number of benzene rings is 1. The van der Waals surface area contributed by atoms with Crippen molar-refractivity contribution in [3.8, 4) is 6.07 Å². The molecule has 0 aliphatic heterocycles. The molecule has 0 N–H and O–H groups in total. The van der Waals surface area contributed by atoms with Crippen molar-refractivity contribution in [1.82, 2.24) is 4.90 Å². The van der Waals surface area contributed by atoms with Gasteiger partial charge >= 0.3 is 0 Å². The van der Waals surface area contributed by atoms with Gasteiger partial charge in [0.05, 0.1) is 11.6 Å². The second-order valence-electron chi connectivity index (χ2n) is 5.27. The van der Waals surface area contributed by atoms with E-state index in [2.05, 4.69) is 18.0 Å². The predicted molar refractivity (Wildman–Crippen MR) is 74.5 cm³/mol. The molecule has 2 rings (SSSR count). The smallest absolute Gasteiger partial charge is 0.0992 e. The molecule has 0 atom stereocenters. The summed E-state index contributed by atoms with van der Waals surface area (Å²) < 4.78 is 0. The van der Waals surface area contributed by atoms with E-state index in [0.29, 0.717) is 10.6 Å². The normalized spacial score (nSPS) is 16.1. The Labute approximate surface area is 114 Å². The lowest BCUT2D eigenvalue weighted by Gasteiger charge is -2.21. The minimum absolute atomic E-state index is 0.627. The van der Waals surface area contributed by atoms with Crippen LogP contribution in [0.5, 0.6) is 0 Å². The summed E-state index contributed by atoms with van der Waals surface area (Å²) in [5.74, 6) is 0.854. The molecule has 0 saturated heterocycles. The SMILES string of the molecule is CN(Cc1ccc(C#N)cc1Cl)CC1CCCC1. The average molecular weight is 263 g/mol. The molecule has 0 heterocycles. The molecule has 1 aromatic carbocycles. The number of halogens is 1. The summed E-state index contributed by atoms with van der Waals surface area (Å²) in [6.45, 7) is 2.01. The van der Waals surface area contributed by atoms with Gasteiger partial charge in [-0.25, -0.2) is 0 Å². The number of hydrogen-bond acceptors (Lipinski definition) is 2. The van der Waals surface area contributed by atoms with Crippen LogP contribution in [-0.4, -0.2) is 18.5 Å². The molecule has 0 spiro atoms. The summed E-state index contributed by atoms with van der Waals surface area (Å²) in [4.78, 5) is 2.34. The molecule has 0 unspecified atom stereocenters. The van der Waals surface area contributed by atoms with E-state index in [1.165, 1.54) is 25.7 Å². The lowest BCUT2D eigenvalue weighted by molar-refractivity contribution is 0.271. The van der Waals surface area contributed by atoms with Crippen molar-refractivity contribution in [2.75, 3.05) is 13.6 Å². The van der Waals surface area contributed by atoms with Gasteiger partial charge in [0.15, 0.2) is 0 Å². The Balaban J connectivity index is 1.94. The third-order valence-electron chi connectivity index (χ3n) is 3.67. The Kier molecular flexibility index (Phi) is 4.63. The van der Waals surface area contributed by atoms with Crippen molar-refractivity contribution in [2.45, 2.75) is 32.2 Å². The molecule has 0 aromatic heterocycles. The maximum atomic E-state index is 8.81. The van der Waals surface area contributed by atoms with Crippen LogP contribution in [0.3, 0.4) is 0 Å². The van der Waals surface area contributed by atoms with Crippen LogP contribution in [-0.2, 0) is 6.54 Å². The van der Waals surface area contributed by atoms with Crippen LogP contribution in [0.1, 0.15) is 36.8 Å². The number of rotatable bonds is 4. The summed E-state index contributed by atoms with van der Waals surface area (Å²) >= 11 is 6.19. The average Bonchev–Trinajstić information content (AvgIpc) is 2.84. The first-order valence-electron chi connectivity index (χ1n) is 6.56. The van der Waals surface area contributed by atoms with Crippen LogP contribution < -0.4 is 0 Å². The van der Waals surface area contributed by atoms with Gasteiger partial charge in [0, 0.05) is 18.1 Å². The molecular weight excluding hydrogens is 244 g/mol. The first-order valence-corrected chi connectivity index (χ1v) is 6.94. The second-order valence-corrected chi connectivity index (χ2v) is 5.67. The van der Waals surface area contributed by atoms with Crippen molar-refractivity contribution in [1.29, 1.82) is 5.26 Å². The lowest BCUT2D eigenvalue weighted by Crippen LogP contribution is -2.24. The fourth-order valence-electron chi connectivity index (χ4n) is 2.73. The van der Waals surface area contributed by atoms with E-state index in [4.69, 9.17) is 16.9 Å². The Bertz CT molecular complexity index is 444. The summed E-state index contributed by atoms with van der Waals surface area (Å²) in [5, 5.41) is 9.51. The van der Waals surface area contributed by atoms with Gasteiger partial charge < -0.3 is 4.90 Å². The molecule has 3 heteroatoms. The highest BCUT2D eigenvalue weighted by Gasteiger charge is 2.17. The van der Waals surface area contributed by atoms with Crippen molar-refractivity contribution < 1.29 is 0 Å². The number of nitriles is 1. The highest BCUT2D eigenvalue weighted by molar-refractivity contribution is 6.31. The van der Waals surface area contributed by atoms with E-state index < -0.39 is 0 Å². The first kappa shape index (κ1) is 13.4. The molecule has 1 aliphatic rings. The molecule has 18 heavy (non-hydrogen) atoms. The molecule has 0 radical (unpaired) electrons. The second kappa shape index (κ2) is 6.22. The standard InChI is InChI=1S/C15H19ClN2/c1-18(10-12-4-2-3-5-12)11-14-7-6-13(9-17)8-15(14)16/h6-8,12H,2-5,10-11H2,1H3. The Morgan fingerprint density at radius 3 is 2.72 bits per heavy atom.